The van der Waals surface area contributed by atoms with E-state index in [-0.39, 0.29) is 29.5 Å². The van der Waals surface area contributed by atoms with Gasteiger partial charge in [0, 0.05) is 18.3 Å². The number of cyclic esters (lactones) is 1. The van der Waals surface area contributed by atoms with Crippen molar-refractivity contribution >= 4 is 29.3 Å². The summed E-state index contributed by atoms with van der Waals surface area (Å²) in [5, 5.41) is 3.02. The Bertz CT molecular complexity index is 931. The van der Waals surface area contributed by atoms with Gasteiger partial charge in [-0.3, -0.25) is 9.69 Å². The van der Waals surface area contributed by atoms with Gasteiger partial charge in [-0.15, -0.1) is 0 Å². The number of amides is 2. The average Bonchev–Trinajstić information content (AvgIpc) is 3.38. The van der Waals surface area contributed by atoms with Crippen molar-refractivity contribution in [2.75, 3.05) is 31.2 Å². The van der Waals surface area contributed by atoms with Crippen molar-refractivity contribution < 1.29 is 23.8 Å². The maximum Gasteiger partial charge on any atom is 0.414 e. The van der Waals surface area contributed by atoms with E-state index in [1.54, 1.807) is 4.90 Å². The number of rotatable bonds is 6. The van der Waals surface area contributed by atoms with E-state index in [2.05, 4.69) is 10.3 Å². The van der Waals surface area contributed by atoms with E-state index < -0.39 is 12.2 Å². The summed E-state index contributed by atoms with van der Waals surface area (Å²) in [5.41, 5.74) is 2.17. The largest absolute Gasteiger partial charge is 0.471 e. The van der Waals surface area contributed by atoms with Crippen LogP contribution in [0.4, 0.5) is 10.5 Å². The number of benzene rings is 1. The molecule has 0 bridgehead atoms. The molecule has 2 unspecified atom stereocenters. The molecule has 2 aliphatic heterocycles. The number of hydrogen-bond acceptors (Lipinski definition) is 6. The Labute approximate surface area is 179 Å². The summed E-state index contributed by atoms with van der Waals surface area (Å²) in [5.74, 6) is -0.0767. The number of aryl methyl sites for hydroxylation is 1. The highest BCUT2D eigenvalue weighted by molar-refractivity contribution is 6.32. The lowest BCUT2D eigenvalue weighted by molar-refractivity contribution is 0.0915. The quantitative estimate of drug-likeness (QED) is 0.756. The second kappa shape index (κ2) is 8.89. The van der Waals surface area contributed by atoms with E-state index in [0.717, 1.165) is 17.7 Å². The van der Waals surface area contributed by atoms with Crippen LogP contribution in [0.1, 0.15) is 22.3 Å². The molecule has 2 aromatic rings. The third kappa shape index (κ3) is 4.66. The summed E-state index contributed by atoms with van der Waals surface area (Å²) in [6, 6.07) is 9.11. The number of carbonyl (C=O) groups excluding carboxylic acids is 2. The van der Waals surface area contributed by atoms with Crippen LogP contribution in [0, 0.1) is 6.92 Å². The molecule has 2 fully saturated rings. The summed E-state index contributed by atoms with van der Waals surface area (Å²) in [6.07, 6.45) is 1.23. The Kier molecular flexibility index (Phi) is 6.06. The first-order valence-electron chi connectivity index (χ1n) is 9.72. The molecular formula is C21H22ClN3O5. The molecule has 158 valence electrons. The fraction of sp³-hybridized carbons (Fsp3) is 0.381. The van der Waals surface area contributed by atoms with Crippen molar-refractivity contribution in [2.45, 2.75) is 25.6 Å². The van der Waals surface area contributed by atoms with Gasteiger partial charge >= 0.3 is 6.09 Å². The summed E-state index contributed by atoms with van der Waals surface area (Å²) in [7, 11) is 0. The number of carbonyl (C=O) groups is 2. The van der Waals surface area contributed by atoms with E-state index in [1.165, 1.54) is 12.3 Å². The average molecular weight is 432 g/mol. The van der Waals surface area contributed by atoms with Crippen molar-refractivity contribution in [1.29, 1.82) is 0 Å². The van der Waals surface area contributed by atoms with Crippen molar-refractivity contribution in [1.82, 2.24) is 10.3 Å². The third-order valence-electron chi connectivity index (χ3n) is 4.95. The molecular weight excluding hydrogens is 410 g/mol. The van der Waals surface area contributed by atoms with Crippen LogP contribution in [0.5, 0.6) is 5.88 Å². The lowest BCUT2D eigenvalue weighted by Gasteiger charge is -2.14. The normalized spacial score (nSPS) is 20.9. The molecule has 0 aliphatic carbocycles. The molecule has 4 rings (SSSR count). The van der Waals surface area contributed by atoms with E-state index in [1.807, 2.05) is 31.2 Å². The van der Waals surface area contributed by atoms with Crippen LogP contribution in [0.25, 0.3) is 0 Å². The van der Waals surface area contributed by atoms with Crippen LogP contribution in [0.2, 0.25) is 5.02 Å². The Hall–Kier alpha value is -2.84. The maximum absolute atomic E-state index is 12.5. The number of ether oxygens (including phenoxy) is 3. The second-order valence-electron chi connectivity index (χ2n) is 7.28. The standard InChI is InChI=1S/C21H22ClN3O5/c1-13-2-4-15(5-3-13)25-11-17(30-21(25)27)10-23-19(26)14-8-18(22)20(24-9-14)29-16-6-7-28-12-16/h2-5,8-9,16-17H,6-7,10-12H2,1H3,(H,23,26). The number of hydrogen-bond donors (Lipinski definition) is 1. The van der Waals surface area contributed by atoms with Crippen LogP contribution in [0.3, 0.4) is 0 Å². The highest BCUT2D eigenvalue weighted by Gasteiger charge is 2.32. The molecule has 2 amide bonds. The van der Waals surface area contributed by atoms with Gasteiger partial charge in [0.25, 0.3) is 5.91 Å². The smallest absolute Gasteiger partial charge is 0.414 e. The van der Waals surface area contributed by atoms with Gasteiger partial charge in [0.15, 0.2) is 0 Å². The van der Waals surface area contributed by atoms with E-state index in [4.69, 9.17) is 25.8 Å². The highest BCUT2D eigenvalue weighted by atomic mass is 35.5. The minimum absolute atomic E-state index is 0.0804. The number of halogens is 1. The van der Waals surface area contributed by atoms with Crippen molar-refractivity contribution in [2.24, 2.45) is 0 Å². The van der Waals surface area contributed by atoms with E-state index >= 15 is 0 Å². The number of nitrogens with zero attached hydrogens (tertiary/aromatic N) is 2. The maximum atomic E-state index is 12.5. The van der Waals surface area contributed by atoms with Gasteiger partial charge in [-0.2, -0.15) is 0 Å². The summed E-state index contributed by atoms with van der Waals surface area (Å²) in [4.78, 5) is 30.3. The number of pyridine rings is 1. The molecule has 1 aromatic heterocycles. The molecule has 0 spiro atoms. The lowest BCUT2D eigenvalue weighted by atomic mass is 10.2. The molecule has 0 radical (unpaired) electrons. The van der Waals surface area contributed by atoms with Gasteiger partial charge < -0.3 is 19.5 Å². The first kappa shape index (κ1) is 20.4. The van der Waals surface area contributed by atoms with Crippen molar-refractivity contribution in [3.63, 3.8) is 0 Å². The van der Waals surface area contributed by atoms with E-state index in [0.29, 0.717) is 25.3 Å². The summed E-state index contributed by atoms with van der Waals surface area (Å²) >= 11 is 6.21. The minimum Gasteiger partial charge on any atom is -0.471 e. The highest BCUT2D eigenvalue weighted by Crippen LogP contribution is 2.25. The van der Waals surface area contributed by atoms with Gasteiger partial charge in [0.1, 0.15) is 17.2 Å². The molecule has 3 heterocycles. The molecule has 2 atom stereocenters. The van der Waals surface area contributed by atoms with Crippen LogP contribution < -0.4 is 15.0 Å². The van der Waals surface area contributed by atoms with E-state index in [9.17, 15) is 9.59 Å². The number of anilines is 1. The fourth-order valence-corrected chi connectivity index (χ4v) is 3.48. The summed E-state index contributed by atoms with van der Waals surface area (Å²) < 4.78 is 16.3. The zero-order chi connectivity index (χ0) is 21.1. The molecule has 2 aliphatic rings. The molecule has 8 nitrogen and oxygen atoms in total. The molecule has 0 saturated carbocycles. The predicted molar refractivity (Wildman–Crippen MR) is 110 cm³/mol. The Morgan fingerprint density at radius 3 is 2.87 bits per heavy atom. The predicted octanol–water partition coefficient (Wildman–Crippen LogP) is 2.97. The Morgan fingerprint density at radius 1 is 1.37 bits per heavy atom. The van der Waals surface area contributed by atoms with Gasteiger partial charge in [-0.05, 0) is 25.1 Å². The first-order chi connectivity index (χ1) is 14.5. The SMILES string of the molecule is Cc1ccc(N2CC(CNC(=O)c3cnc(OC4CCOC4)c(Cl)c3)OC2=O)cc1. The van der Waals surface area contributed by atoms with Crippen LogP contribution in [-0.2, 0) is 9.47 Å². The van der Waals surface area contributed by atoms with Gasteiger partial charge in [0.05, 0.1) is 31.9 Å². The molecule has 2 saturated heterocycles. The first-order valence-corrected chi connectivity index (χ1v) is 10.1. The topological polar surface area (TPSA) is 90.0 Å². The monoisotopic (exact) mass is 431 g/mol. The zero-order valence-corrected chi connectivity index (χ0v) is 17.2. The lowest BCUT2D eigenvalue weighted by Crippen LogP contribution is -2.34. The van der Waals surface area contributed by atoms with Gasteiger partial charge in [-0.1, -0.05) is 29.3 Å². The molecule has 9 heteroatoms. The minimum atomic E-state index is -0.448. The molecule has 30 heavy (non-hydrogen) atoms. The van der Waals surface area contributed by atoms with Gasteiger partial charge in [0.2, 0.25) is 5.88 Å². The van der Waals surface area contributed by atoms with Crippen LogP contribution in [-0.4, -0.2) is 55.5 Å². The van der Waals surface area contributed by atoms with Gasteiger partial charge in [-0.25, -0.2) is 9.78 Å². The van der Waals surface area contributed by atoms with Crippen LogP contribution in [0.15, 0.2) is 36.5 Å². The van der Waals surface area contributed by atoms with Crippen molar-refractivity contribution in [3.8, 4) is 5.88 Å². The zero-order valence-electron chi connectivity index (χ0n) is 16.5. The second-order valence-corrected chi connectivity index (χ2v) is 7.68. The molecule has 1 N–H and O–H groups in total. The third-order valence-corrected chi connectivity index (χ3v) is 5.22. The Morgan fingerprint density at radius 2 is 2.17 bits per heavy atom. The number of nitrogens with one attached hydrogen (secondary N) is 1. The fourth-order valence-electron chi connectivity index (χ4n) is 3.27. The van der Waals surface area contributed by atoms with Crippen LogP contribution >= 0.6 is 11.6 Å². The number of aromatic nitrogens is 1. The Balaban J connectivity index is 1.31. The summed E-state index contributed by atoms with van der Waals surface area (Å²) in [6.45, 7) is 3.67. The van der Waals surface area contributed by atoms with Crippen molar-refractivity contribution in [3.05, 3.63) is 52.7 Å². The molecule has 1 aromatic carbocycles.